The molecule has 0 aliphatic heterocycles. The summed E-state index contributed by atoms with van der Waals surface area (Å²) in [5.74, 6) is 1.18. The predicted octanol–water partition coefficient (Wildman–Crippen LogP) is 2.43. The van der Waals surface area contributed by atoms with Crippen molar-refractivity contribution in [1.82, 2.24) is 15.1 Å². The summed E-state index contributed by atoms with van der Waals surface area (Å²) in [6.45, 7) is 4.21. The number of nitrogens with zero attached hydrogens (tertiary/aromatic N) is 3. The van der Waals surface area contributed by atoms with Crippen molar-refractivity contribution in [3.05, 3.63) is 41.7 Å². The smallest absolute Gasteiger partial charge is 0.245 e. The average Bonchev–Trinajstić information content (AvgIpc) is 2.82. The maximum atomic E-state index is 5.85. The summed E-state index contributed by atoms with van der Waals surface area (Å²) >= 11 is 0. The number of nitrogens with one attached hydrogen (secondary N) is 1. The number of benzene rings is 1. The Morgan fingerprint density at radius 1 is 1.20 bits per heavy atom. The molecule has 3 aromatic rings. The SMILES string of the molecule is Cc1cc(NCc2nc(C)no2)c2cc(N)ccc2n1. The first-order valence-electron chi connectivity index (χ1n) is 6.32. The lowest BCUT2D eigenvalue weighted by Gasteiger charge is -2.09. The number of anilines is 2. The zero-order chi connectivity index (χ0) is 14.1. The summed E-state index contributed by atoms with van der Waals surface area (Å²) in [6, 6.07) is 7.65. The number of nitrogens with two attached hydrogens (primary N) is 1. The first kappa shape index (κ1) is 12.4. The molecule has 0 aliphatic rings. The van der Waals surface area contributed by atoms with Gasteiger partial charge in [0, 0.05) is 22.5 Å². The summed E-state index contributed by atoms with van der Waals surface area (Å²) in [6.07, 6.45) is 0. The van der Waals surface area contributed by atoms with Crippen LogP contribution in [0.25, 0.3) is 10.9 Å². The Bertz CT molecular complexity index is 765. The van der Waals surface area contributed by atoms with E-state index in [0.717, 1.165) is 22.3 Å². The number of fused-ring (bicyclic) bond motifs is 1. The molecular formula is C14H15N5O. The van der Waals surface area contributed by atoms with Gasteiger partial charge in [-0.15, -0.1) is 0 Å². The number of nitrogen functional groups attached to an aromatic ring is 1. The van der Waals surface area contributed by atoms with Crippen molar-refractivity contribution in [1.29, 1.82) is 0 Å². The molecule has 0 saturated carbocycles. The lowest BCUT2D eigenvalue weighted by Crippen LogP contribution is -2.02. The van der Waals surface area contributed by atoms with E-state index in [-0.39, 0.29) is 0 Å². The minimum Gasteiger partial charge on any atom is -0.399 e. The van der Waals surface area contributed by atoms with Gasteiger partial charge in [-0.1, -0.05) is 5.16 Å². The van der Waals surface area contributed by atoms with Crippen LogP contribution < -0.4 is 11.1 Å². The van der Waals surface area contributed by atoms with E-state index in [1.54, 1.807) is 6.92 Å². The fourth-order valence-corrected chi connectivity index (χ4v) is 2.10. The molecule has 20 heavy (non-hydrogen) atoms. The maximum Gasteiger partial charge on any atom is 0.245 e. The number of aromatic nitrogens is 3. The van der Waals surface area contributed by atoms with Crippen LogP contribution in [0.1, 0.15) is 17.4 Å². The highest BCUT2D eigenvalue weighted by atomic mass is 16.5. The highest BCUT2D eigenvalue weighted by Gasteiger charge is 2.07. The van der Waals surface area contributed by atoms with Gasteiger partial charge in [-0.25, -0.2) is 0 Å². The highest BCUT2D eigenvalue weighted by Crippen LogP contribution is 2.25. The zero-order valence-corrected chi connectivity index (χ0v) is 11.3. The van der Waals surface area contributed by atoms with Gasteiger partial charge in [0.25, 0.3) is 0 Å². The first-order valence-corrected chi connectivity index (χ1v) is 6.32. The molecule has 0 amide bonds. The third kappa shape index (κ3) is 2.40. The number of pyridine rings is 1. The van der Waals surface area contributed by atoms with Crippen LogP contribution in [0.2, 0.25) is 0 Å². The van der Waals surface area contributed by atoms with Crippen LogP contribution in [0.3, 0.4) is 0 Å². The zero-order valence-electron chi connectivity index (χ0n) is 11.3. The highest BCUT2D eigenvalue weighted by molar-refractivity contribution is 5.93. The van der Waals surface area contributed by atoms with Gasteiger partial charge in [-0.3, -0.25) is 4.98 Å². The second kappa shape index (κ2) is 4.80. The van der Waals surface area contributed by atoms with Gasteiger partial charge < -0.3 is 15.6 Å². The number of aryl methyl sites for hydroxylation is 2. The van der Waals surface area contributed by atoms with Crippen LogP contribution in [-0.2, 0) is 6.54 Å². The van der Waals surface area contributed by atoms with E-state index in [9.17, 15) is 0 Å². The molecule has 0 saturated heterocycles. The van der Waals surface area contributed by atoms with Gasteiger partial charge in [-0.05, 0) is 38.1 Å². The van der Waals surface area contributed by atoms with Crippen molar-refractivity contribution in [3.63, 3.8) is 0 Å². The Morgan fingerprint density at radius 3 is 2.80 bits per heavy atom. The van der Waals surface area contributed by atoms with Crippen LogP contribution in [0, 0.1) is 13.8 Å². The molecule has 0 radical (unpaired) electrons. The lowest BCUT2D eigenvalue weighted by molar-refractivity contribution is 0.379. The van der Waals surface area contributed by atoms with E-state index in [1.165, 1.54) is 0 Å². The van der Waals surface area contributed by atoms with Crippen LogP contribution in [0.4, 0.5) is 11.4 Å². The lowest BCUT2D eigenvalue weighted by atomic mass is 10.1. The largest absolute Gasteiger partial charge is 0.399 e. The molecule has 0 bridgehead atoms. The summed E-state index contributed by atoms with van der Waals surface area (Å²) in [4.78, 5) is 8.65. The van der Waals surface area contributed by atoms with E-state index in [1.807, 2.05) is 31.2 Å². The van der Waals surface area contributed by atoms with E-state index >= 15 is 0 Å². The molecule has 0 unspecified atom stereocenters. The Hall–Kier alpha value is -2.63. The Morgan fingerprint density at radius 2 is 2.05 bits per heavy atom. The first-order chi connectivity index (χ1) is 9.61. The van der Waals surface area contributed by atoms with Crippen molar-refractivity contribution in [2.75, 3.05) is 11.1 Å². The molecule has 0 fully saturated rings. The minimum atomic E-state index is 0.466. The molecular weight excluding hydrogens is 254 g/mol. The van der Waals surface area contributed by atoms with Crippen molar-refractivity contribution in [2.24, 2.45) is 0 Å². The van der Waals surface area contributed by atoms with E-state index in [2.05, 4.69) is 20.4 Å². The molecule has 102 valence electrons. The number of hydrogen-bond acceptors (Lipinski definition) is 6. The standard InChI is InChI=1S/C14H15N5O/c1-8-5-13(16-7-14-18-9(2)19-20-14)11-6-10(15)3-4-12(11)17-8/h3-6H,7,15H2,1-2H3,(H,16,17). The van der Waals surface area contributed by atoms with Crippen LogP contribution in [0.15, 0.2) is 28.8 Å². The summed E-state index contributed by atoms with van der Waals surface area (Å²) in [7, 11) is 0. The molecule has 6 heteroatoms. The molecule has 6 nitrogen and oxygen atoms in total. The molecule has 2 aromatic heterocycles. The fraction of sp³-hybridized carbons (Fsp3) is 0.214. The molecule has 0 atom stereocenters. The molecule has 2 heterocycles. The molecule has 0 aliphatic carbocycles. The summed E-state index contributed by atoms with van der Waals surface area (Å²) in [5, 5.41) is 8.04. The third-order valence-corrected chi connectivity index (χ3v) is 2.96. The second-order valence-corrected chi connectivity index (χ2v) is 4.68. The fourth-order valence-electron chi connectivity index (χ4n) is 2.10. The second-order valence-electron chi connectivity index (χ2n) is 4.68. The summed E-state index contributed by atoms with van der Waals surface area (Å²) < 4.78 is 5.09. The molecule has 3 rings (SSSR count). The van der Waals surface area contributed by atoms with E-state index in [0.29, 0.717) is 23.9 Å². The van der Waals surface area contributed by atoms with E-state index in [4.69, 9.17) is 10.3 Å². The Kier molecular flexibility index (Phi) is 2.98. The number of hydrogen-bond donors (Lipinski definition) is 2. The van der Waals surface area contributed by atoms with E-state index < -0.39 is 0 Å². The Labute approximate surface area is 116 Å². The predicted molar refractivity (Wildman–Crippen MR) is 77.3 cm³/mol. The summed E-state index contributed by atoms with van der Waals surface area (Å²) in [5.41, 5.74) is 9.35. The minimum absolute atomic E-state index is 0.466. The third-order valence-electron chi connectivity index (χ3n) is 2.96. The van der Waals surface area contributed by atoms with Crippen molar-refractivity contribution in [3.8, 4) is 0 Å². The average molecular weight is 269 g/mol. The Balaban J connectivity index is 1.95. The van der Waals surface area contributed by atoms with Crippen LogP contribution >= 0.6 is 0 Å². The van der Waals surface area contributed by atoms with Crippen molar-refractivity contribution >= 4 is 22.3 Å². The molecule has 1 aromatic carbocycles. The topological polar surface area (TPSA) is 89.9 Å². The van der Waals surface area contributed by atoms with Gasteiger partial charge >= 0.3 is 0 Å². The van der Waals surface area contributed by atoms with Gasteiger partial charge in [0.1, 0.15) is 0 Å². The van der Waals surface area contributed by atoms with Gasteiger partial charge in [0.2, 0.25) is 5.89 Å². The van der Waals surface area contributed by atoms with Crippen LogP contribution in [-0.4, -0.2) is 15.1 Å². The van der Waals surface area contributed by atoms with Gasteiger partial charge in [0.05, 0.1) is 12.1 Å². The van der Waals surface area contributed by atoms with Gasteiger partial charge in [-0.2, -0.15) is 4.98 Å². The quantitative estimate of drug-likeness (QED) is 0.710. The van der Waals surface area contributed by atoms with Crippen molar-refractivity contribution < 1.29 is 4.52 Å². The molecule has 0 spiro atoms. The number of rotatable bonds is 3. The van der Waals surface area contributed by atoms with Crippen LogP contribution in [0.5, 0.6) is 0 Å². The van der Waals surface area contributed by atoms with Gasteiger partial charge in [0.15, 0.2) is 5.82 Å². The molecule has 3 N–H and O–H groups in total. The monoisotopic (exact) mass is 269 g/mol. The maximum absolute atomic E-state index is 5.85. The van der Waals surface area contributed by atoms with Crippen molar-refractivity contribution in [2.45, 2.75) is 20.4 Å². The normalized spacial score (nSPS) is 10.9.